The van der Waals surface area contributed by atoms with Crippen LogP contribution in [0.1, 0.15) is 24.4 Å². The number of nitrogens with zero attached hydrogens (tertiary/aromatic N) is 3. The van der Waals surface area contributed by atoms with Gasteiger partial charge in [0.1, 0.15) is 5.75 Å². The van der Waals surface area contributed by atoms with E-state index in [1.54, 1.807) is 7.11 Å². The van der Waals surface area contributed by atoms with Crippen molar-refractivity contribution in [3.63, 3.8) is 0 Å². The maximum Gasteiger partial charge on any atom is 0.191 e. The van der Waals surface area contributed by atoms with Crippen LogP contribution in [0.3, 0.4) is 0 Å². The molecule has 1 heterocycles. The smallest absolute Gasteiger partial charge is 0.191 e. The molecule has 0 amide bonds. The SMILES string of the molecule is COc1ccccc1CNC(C)c1nn[nH]n1. The first kappa shape index (κ1) is 11.5. The maximum atomic E-state index is 5.28. The number of aromatic nitrogens is 4. The van der Waals surface area contributed by atoms with E-state index in [1.165, 1.54) is 0 Å². The lowest BCUT2D eigenvalue weighted by Gasteiger charge is -2.12. The van der Waals surface area contributed by atoms with Crippen molar-refractivity contribution in [2.45, 2.75) is 19.5 Å². The zero-order valence-electron chi connectivity index (χ0n) is 9.84. The Labute approximate surface area is 99.4 Å². The fourth-order valence-electron chi connectivity index (χ4n) is 1.56. The van der Waals surface area contributed by atoms with Gasteiger partial charge in [-0.05, 0) is 13.0 Å². The summed E-state index contributed by atoms with van der Waals surface area (Å²) in [6.07, 6.45) is 0. The Bertz CT molecular complexity index is 457. The Kier molecular flexibility index (Phi) is 3.66. The Morgan fingerprint density at radius 2 is 2.24 bits per heavy atom. The topological polar surface area (TPSA) is 75.7 Å². The molecule has 2 N–H and O–H groups in total. The minimum atomic E-state index is 0.0404. The normalized spacial score (nSPS) is 12.4. The summed E-state index contributed by atoms with van der Waals surface area (Å²) < 4.78 is 5.28. The monoisotopic (exact) mass is 233 g/mol. The lowest BCUT2D eigenvalue weighted by atomic mass is 10.2. The Morgan fingerprint density at radius 3 is 2.94 bits per heavy atom. The Morgan fingerprint density at radius 1 is 1.41 bits per heavy atom. The van der Waals surface area contributed by atoms with Gasteiger partial charge in [0.2, 0.25) is 0 Å². The van der Waals surface area contributed by atoms with E-state index in [-0.39, 0.29) is 6.04 Å². The number of hydrogen-bond acceptors (Lipinski definition) is 5. The second-order valence-corrected chi connectivity index (χ2v) is 3.68. The van der Waals surface area contributed by atoms with Crippen molar-refractivity contribution in [3.05, 3.63) is 35.7 Å². The molecule has 0 aliphatic carbocycles. The van der Waals surface area contributed by atoms with Crippen LogP contribution in [0.15, 0.2) is 24.3 Å². The minimum absolute atomic E-state index is 0.0404. The molecule has 0 spiro atoms. The summed E-state index contributed by atoms with van der Waals surface area (Å²) in [5.74, 6) is 1.53. The van der Waals surface area contributed by atoms with E-state index in [9.17, 15) is 0 Å². The van der Waals surface area contributed by atoms with Crippen LogP contribution < -0.4 is 10.1 Å². The molecule has 6 nitrogen and oxygen atoms in total. The van der Waals surface area contributed by atoms with Crippen molar-refractivity contribution in [2.75, 3.05) is 7.11 Å². The van der Waals surface area contributed by atoms with Crippen molar-refractivity contribution < 1.29 is 4.74 Å². The van der Waals surface area contributed by atoms with Crippen molar-refractivity contribution in [1.29, 1.82) is 0 Å². The molecule has 0 aliphatic rings. The number of tetrazole rings is 1. The van der Waals surface area contributed by atoms with Gasteiger partial charge in [0, 0.05) is 12.1 Å². The number of nitrogens with one attached hydrogen (secondary N) is 2. The van der Waals surface area contributed by atoms with E-state index in [4.69, 9.17) is 4.74 Å². The van der Waals surface area contributed by atoms with Gasteiger partial charge in [-0.2, -0.15) is 5.21 Å². The van der Waals surface area contributed by atoms with Gasteiger partial charge in [-0.15, -0.1) is 10.2 Å². The highest BCUT2D eigenvalue weighted by Crippen LogP contribution is 2.17. The van der Waals surface area contributed by atoms with Gasteiger partial charge in [0.05, 0.1) is 13.2 Å². The number of hydrogen-bond donors (Lipinski definition) is 2. The molecule has 1 aromatic carbocycles. The minimum Gasteiger partial charge on any atom is -0.496 e. The summed E-state index contributed by atoms with van der Waals surface area (Å²) in [6.45, 7) is 2.68. The highest BCUT2D eigenvalue weighted by Gasteiger charge is 2.10. The van der Waals surface area contributed by atoms with E-state index in [0.29, 0.717) is 12.4 Å². The van der Waals surface area contributed by atoms with Gasteiger partial charge in [-0.1, -0.05) is 23.4 Å². The van der Waals surface area contributed by atoms with Gasteiger partial charge in [-0.3, -0.25) is 0 Å². The van der Waals surface area contributed by atoms with E-state index >= 15 is 0 Å². The quantitative estimate of drug-likeness (QED) is 0.807. The lowest BCUT2D eigenvalue weighted by Crippen LogP contribution is -2.19. The summed E-state index contributed by atoms with van der Waals surface area (Å²) in [4.78, 5) is 0. The fourth-order valence-corrected chi connectivity index (χ4v) is 1.56. The number of rotatable bonds is 5. The van der Waals surface area contributed by atoms with Gasteiger partial charge >= 0.3 is 0 Å². The zero-order chi connectivity index (χ0) is 12.1. The van der Waals surface area contributed by atoms with Crippen LogP contribution in [0.4, 0.5) is 0 Å². The number of H-pyrrole nitrogens is 1. The van der Waals surface area contributed by atoms with Crippen molar-refractivity contribution in [3.8, 4) is 5.75 Å². The number of aromatic amines is 1. The zero-order valence-corrected chi connectivity index (χ0v) is 9.84. The van der Waals surface area contributed by atoms with Gasteiger partial charge in [0.25, 0.3) is 0 Å². The molecule has 6 heteroatoms. The molecule has 0 saturated carbocycles. The fraction of sp³-hybridized carbons (Fsp3) is 0.364. The van der Waals surface area contributed by atoms with Crippen LogP contribution in [-0.2, 0) is 6.54 Å². The molecular formula is C11H15N5O. The van der Waals surface area contributed by atoms with Gasteiger partial charge in [0.15, 0.2) is 5.82 Å². The standard InChI is InChI=1S/C11H15N5O/c1-8(11-13-15-16-14-11)12-7-9-5-3-4-6-10(9)17-2/h3-6,8,12H,7H2,1-2H3,(H,13,14,15,16). The molecular weight excluding hydrogens is 218 g/mol. The number of methoxy groups -OCH3 is 1. The molecule has 0 aliphatic heterocycles. The average molecular weight is 233 g/mol. The van der Waals surface area contributed by atoms with Crippen molar-refractivity contribution in [2.24, 2.45) is 0 Å². The van der Waals surface area contributed by atoms with Gasteiger partial charge < -0.3 is 10.1 Å². The van der Waals surface area contributed by atoms with E-state index in [0.717, 1.165) is 11.3 Å². The highest BCUT2D eigenvalue weighted by atomic mass is 16.5. The predicted octanol–water partition coefficient (Wildman–Crippen LogP) is 1.06. The van der Waals surface area contributed by atoms with E-state index in [2.05, 4.69) is 25.9 Å². The van der Waals surface area contributed by atoms with Crippen LogP contribution in [0.25, 0.3) is 0 Å². The molecule has 90 valence electrons. The summed E-state index contributed by atoms with van der Waals surface area (Å²) in [7, 11) is 1.67. The molecule has 1 aromatic heterocycles. The number of para-hydroxylation sites is 1. The van der Waals surface area contributed by atoms with Crippen molar-refractivity contribution in [1.82, 2.24) is 25.9 Å². The van der Waals surface area contributed by atoms with Crippen LogP contribution in [0, 0.1) is 0 Å². The molecule has 17 heavy (non-hydrogen) atoms. The predicted molar refractivity (Wildman–Crippen MR) is 62.4 cm³/mol. The summed E-state index contributed by atoms with van der Waals surface area (Å²) in [6, 6.07) is 7.94. The molecule has 2 rings (SSSR count). The van der Waals surface area contributed by atoms with Crippen LogP contribution in [0.5, 0.6) is 5.75 Å². The Hall–Kier alpha value is -1.95. The first-order valence-corrected chi connectivity index (χ1v) is 5.40. The molecule has 0 bridgehead atoms. The summed E-state index contributed by atoms with van der Waals surface area (Å²) in [5, 5.41) is 17.1. The third-order valence-electron chi connectivity index (χ3n) is 2.54. The van der Waals surface area contributed by atoms with Crippen LogP contribution in [-0.4, -0.2) is 27.7 Å². The lowest BCUT2D eigenvalue weighted by molar-refractivity contribution is 0.405. The molecule has 1 atom stereocenters. The average Bonchev–Trinajstić information content (AvgIpc) is 2.90. The van der Waals surface area contributed by atoms with Crippen molar-refractivity contribution >= 4 is 0 Å². The summed E-state index contributed by atoms with van der Waals surface area (Å²) in [5.41, 5.74) is 1.10. The first-order valence-electron chi connectivity index (χ1n) is 5.40. The number of benzene rings is 1. The van der Waals surface area contributed by atoms with E-state index < -0.39 is 0 Å². The third-order valence-corrected chi connectivity index (χ3v) is 2.54. The molecule has 1 unspecified atom stereocenters. The van der Waals surface area contributed by atoms with Crippen LogP contribution >= 0.6 is 0 Å². The summed E-state index contributed by atoms with van der Waals surface area (Å²) >= 11 is 0. The van der Waals surface area contributed by atoms with Gasteiger partial charge in [-0.25, -0.2) is 0 Å². The molecule has 0 saturated heterocycles. The second kappa shape index (κ2) is 5.40. The molecule has 0 radical (unpaired) electrons. The Balaban J connectivity index is 1.98. The molecule has 0 fully saturated rings. The largest absolute Gasteiger partial charge is 0.496 e. The second-order valence-electron chi connectivity index (χ2n) is 3.68. The highest BCUT2D eigenvalue weighted by molar-refractivity contribution is 5.33. The third kappa shape index (κ3) is 2.79. The van der Waals surface area contributed by atoms with E-state index in [1.807, 2.05) is 31.2 Å². The maximum absolute atomic E-state index is 5.28. The number of ether oxygens (including phenoxy) is 1. The first-order chi connectivity index (χ1) is 8.31. The molecule has 2 aromatic rings. The van der Waals surface area contributed by atoms with Crippen LogP contribution in [0.2, 0.25) is 0 Å².